The molecule has 7 atom stereocenters. The fraction of sp³-hybridized carbons (Fsp3) is 0.857. The molecule has 4 aliphatic rings. The van der Waals surface area contributed by atoms with Crippen molar-refractivity contribution >= 4 is 5.78 Å². The SMILES string of the molecule is C[C@]1(O)CC[C@H]2C(=CC[C@@H]3[C@@H]2CC[C@]2(C)[C@@H](C(=O)CO)CC[C@@H]32)C1. The van der Waals surface area contributed by atoms with Crippen LogP contribution in [0.25, 0.3) is 0 Å². The zero-order valence-electron chi connectivity index (χ0n) is 15.1. The lowest BCUT2D eigenvalue weighted by Crippen LogP contribution is -2.48. The van der Waals surface area contributed by atoms with Gasteiger partial charge in [-0.2, -0.15) is 0 Å². The zero-order valence-corrected chi connectivity index (χ0v) is 15.1. The van der Waals surface area contributed by atoms with Gasteiger partial charge in [-0.1, -0.05) is 18.6 Å². The Bertz CT molecular complexity index is 563. The van der Waals surface area contributed by atoms with Crippen molar-refractivity contribution in [3.8, 4) is 0 Å². The highest BCUT2D eigenvalue weighted by Crippen LogP contribution is 2.63. The molecule has 0 saturated heterocycles. The van der Waals surface area contributed by atoms with Gasteiger partial charge < -0.3 is 10.2 Å². The van der Waals surface area contributed by atoms with Crippen LogP contribution >= 0.6 is 0 Å². The van der Waals surface area contributed by atoms with Gasteiger partial charge in [0.05, 0.1) is 5.60 Å². The third kappa shape index (κ3) is 2.42. The van der Waals surface area contributed by atoms with Crippen LogP contribution in [0.2, 0.25) is 0 Å². The highest BCUT2D eigenvalue weighted by molar-refractivity contribution is 5.83. The summed E-state index contributed by atoms with van der Waals surface area (Å²) in [5, 5.41) is 19.8. The van der Waals surface area contributed by atoms with Gasteiger partial charge in [-0.25, -0.2) is 0 Å². The van der Waals surface area contributed by atoms with Gasteiger partial charge >= 0.3 is 0 Å². The Morgan fingerprint density at radius 3 is 2.71 bits per heavy atom. The van der Waals surface area contributed by atoms with Crippen LogP contribution < -0.4 is 0 Å². The van der Waals surface area contributed by atoms with Gasteiger partial charge in [0.1, 0.15) is 6.61 Å². The molecule has 0 aliphatic heterocycles. The van der Waals surface area contributed by atoms with Gasteiger partial charge in [-0.15, -0.1) is 0 Å². The van der Waals surface area contributed by atoms with Crippen LogP contribution in [0.4, 0.5) is 0 Å². The predicted molar refractivity (Wildman–Crippen MR) is 93.3 cm³/mol. The van der Waals surface area contributed by atoms with Crippen molar-refractivity contribution in [2.45, 2.75) is 70.8 Å². The first-order valence-electron chi connectivity index (χ1n) is 9.90. The van der Waals surface area contributed by atoms with Crippen LogP contribution in [0.1, 0.15) is 65.2 Å². The fourth-order valence-corrected chi connectivity index (χ4v) is 7.11. The summed E-state index contributed by atoms with van der Waals surface area (Å²) in [6.07, 6.45) is 11.0. The maximum absolute atomic E-state index is 12.2. The largest absolute Gasteiger partial charge is 0.390 e. The van der Waals surface area contributed by atoms with E-state index in [0.717, 1.165) is 50.9 Å². The van der Waals surface area contributed by atoms with Gasteiger partial charge in [0.15, 0.2) is 5.78 Å². The smallest absolute Gasteiger partial charge is 0.161 e. The molecule has 0 spiro atoms. The number of carbonyl (C=O) groups excluding carboxylic acids is 1. The monoisotopic (exact) mass is 332 g/mol. The second-order valence-electron chi connectivity index (χ2n) is 9.57. The lowest BCUT2D eigenvalue weighted by atomic mass is 9.51. The molecule has 24 heavy (non-hydrogen) atoms. The summed E-state index contributed by atoms with van der Waals surface area (Å²) in [7, 11) is 0. The average Bonchev–Trinajstić information content (AvgIpc) is 2.90. The number of fused-ring (bicyclic) bond motifs is 5. The Balaban J connectivity index is 1.59. The van der Waals surface area contributed by atoms with E-state index in [9.17, 15) is 15.0 Å². The Labute approximate surface area is 145 Å². The summed E-state index contributed by atoms with van der Waals surface area (Å²) in [5.41, 5.74) is 1.11. The van der Waals surface area contributed by atoms with Crippen molar-refractivity contribution in [2.24, 2.45) is 35.0 Å². The second-order valence-corrected chi connectivity index (χ2v) is 9.57. The third-order valence-electron chi connectivity index (χ3n) is 8.26. The van der Waals surface area contributed by atoms with Crippen LogP contribution in [0, 0.1) is 35.0 Å². The van der Waals surface area contributed by atoms with E-state index in [1.165, 1.54) is 12.0 Å². The maximum Gasteiger partial charge on any atom is 0.161 e. The minimum absolute atomic E-state index is 0.0687. The quantitative estimate of drug-likeness (QED) is 0.761. The molecule has 3 saturated carbocycles. The molecule has 4 rings (SSSR count). The van der Waals surface area contributed by atoms with E-state index in [1.54, 1.807) is 0 Å². The minimum Gasteiger partial charge on any atom is -0.390 e. The van der Waals surface area contributed by atoms with Crippen molar-refractivity contribution in [1.29, 1.82) is 0 Å². The van der Waals surface area contributed by atoms with Crippen molar-refractivity contribution in [3.63, 3.8) is 0 Å². The van der Waals surface area contributed by atoms with E-state index in [0.29, 0.717) is 17.8 Å². The van der Waals surface area contributed by atoms with E-state index < -0.39 is 5.60 Å². The van der Waals surface area contributed by atoms with Crippen molar-refractivity contribution in [3.05, 3.63) is 11.6 Å². The van der Waals surface area contributed by atoms with Crippen molar-refractivity contribution in [1.82, 2.24) is 0 Å². The zero-order chi connectivity index (χ0) is 17.1. The topological polar surface area (TPSA) is 57.5 Å². The fourth-order valence-electron chi connectivity index (χ4n) is 7.11. The molecule has 0 aromatic carbocycles. The predicted octanol–water partition coefficient (Wildman–Crippen LogP) is 3.49. The number of hydrogen-bond acceptors (Lipinski definition) is 3. The van der Waals surface area contributed by atoms with E-state index in [1.807, 2.05) is 6.92 Å². The molecule has 3 heteroatoms. The Morgan fingerprint density at radius 1 is 1.17 bits per heavy atom. The molecule has 0 bridgehead atoms. The Kier molecular flexibility index (Phi) is 3.96. The van der Waals surface area contributed by atoms with Crippen LogP contribution in [0.3, 0.4) is 0 Å². The molecule has 4 aliphatic carbocycles. The maximum atomic E-state index is 12.2. The number of hydrogen-bond donors (Lipinski definition) is 2. The van der Waals surface area contributed by atoms with Crippen molar-refractivity contribution < 1.29 is 15.0 Å². The van der Waals surface area contributed by atoms with E-state index >= 15 is 0 Å². The highest BCUT2D eigenvalue weighted by atomic mass is 16.3. The summed E-state index contributed by atoms with van der Waals surface area (Å²) in [6, 6.07) is 0. The van der Waals surface area contributed by atoms with Crippen LogP contribution in [-0.2, 0) is 4.79 Å². The summed E-state index contributed by atoms with van der Waals surface area (Å²) in [4.78, 5) is 12.2. The number of allylic oxidation sites excluding steroid dienone is 1. The Morgan fingerprint density at radius 2 is 1.96 bits per heavy atom. The summed E-state index contributed by atoms with van der Waals surface area (Å²) in [6.45, 7) is 4.02. The normalized spacial score (nSPS) is 50.5. The number of rotatable bonds is 2. The van der Waals surface area contributed by atoms with Crippen LogP contribution in [0.5, 0.6) is 0 Å². The number of aliphatic hydroxyl groups excluding tert-OH is 1. The molecule has 0 heterocycles. The van der Waals surface area contributed by atoms with E-state index in [4.69, 9.17) is 0 Å². The van der Waals surface area contributed by atoms with Crippen LogP contribution in [-0.4, -0.2) is 28.2 Å². The number of aliphatic hydroxyl groups is 2. The van der Waals surface area contributed by atoms with Crippen LogP contribution in [0.15, 0.2) is 11.6 Å². The Hall–Kier alpha value is -0.670. The lowest BCUT2D eigenvalue weighted by Gasteiger charge is -2.54. The molecule has 0 aromatic heterocycles. The molecular formula is C21H32O3. The molecule has 3 nitrogen and oxygen atoms in total. The van der Waals surface area contributed by atoms with Gasteiger partial charge in [-0.3, -0.25) is 4.79 Å². The van der Waals surface area contributed by atoms with Gasteiger partial charge in [0, 0.05) is 5.92 Å². The molecule has 134 valence electrons. The first-order chi connectivity index (χ1) is 11.4. The van der Waals surface area contributed by atoms with Gasteiger partial charge in [0.25, 0.3) is 0 Å². The first-order valence-corrected chi connectivity index (χ1v) is 9.90. The molecule has 0 aromatic rings. The highest BCUT2D eigenvalue weighted by Gasteiger charge is 2.57. The minimum atomic E-state index is -0.510. The van der Waals surface area contributed by atoms with E-state index in [-0.39, 0.29) is 23.7 Å². The molecule has 0 radical (unpaired) electrons. The average molecular weight is 332 g/mol. The number of carbonyl (C=O) groups is 1. The van der Waals surface area contributed by atoms with Gasteiger partial charge in [0.2, 0.25) is 0 Å². The molecule has 2 N–H and O–H groups in total. The summed E-state index contributed by atoms with van der Waals surface area (Å²) < 4.78 is 0. The lowest BCUT2D eigenvalue weighted by molar-refractivity contribution is -0.131. The summed E-state index contributed by atoms with van der Waals surface area (Å²) >= 11 is 0. The number of Topliss-reactive ketones (excluding diaryl/α,β-unsaturated/α-hetero) is 1. The third-order valence-corrected chi connectivity index (χ3v) is 8.26. The van der Waals surface area contributed by atoms with E-state index in [2.05, 4.69) is 13.0 Å². The standard InChI is InChI=1S/C21H32O3/c1-20(24)9-7-14-13(11-20)3-4-16-15(14)8-10-21(2)17(16)5-6-18(21)19(23)12-22/h3,14-18,22,24H,4-12H2,1-2H3/t14-,15+,16+,17-,18+,20-,21-/m0/s1. The molecule has 3 fully saturated rings. The molecule has 0 amide bonds. The second kappa shape index (κ2) is 5.67. The molecule has 0 unspecified atom stereocenters. The first kappa shape index (κ1) is 16.8. The number of ketones is 1. The molecular weight excluding hydrogens is 300 g/mol. The van der Waals surface area contributed by atoms with Crippen molar-refractivity contribution in [2.75, 3.05) is 6.61 Å². The van der Waals surface area contributed by atoms with Gasteiger partial charge in [-0.05, 0) is 87.4 Å². The summed E-state index contributed by atoms with van der Waals surface area (Å²) in [5.74, 6) is 2.91.